The Morgan fingerprint density at radius 3 is 1.05 bits per heavy atom. The Hall–Kier alpha value is -6.36. The van der Waals surface area contributed by atoms with Gasteiger partial charge in [-0.05, 0) is 70.5 Å². The van der Waals surface area contributed by atoms with E-state index >= 15 is 0 Å². The van der Waals surface area contributed by atoms with Crippen molar-refractivity contribution in [3.05, 3.63) is 165 Å². The second-order valence-electron chi connectivity index (χ2n) is 15.2. The highest BCUT2D eigenvalue weighted by Crippen LogP contribution is 2.33. The number of ether oxygens (including phenoxy) is 2. The zero-order chi connectivity index (χ0) is 42.0. The summed E-state index contributed by atoms with van der Waals surface area (Å²) in [6, 6.07) is 40.9. The lowest BCUT2D eigenvalue weighted by atomic mass is 10.0. The fraction of sp³-hybridized carbons (Fsp3) is 0.286. The number of unbranched alkanes of at least 4 members (excludes halogenated alkanes) is 10. The third-order valence-corrected chi connectivity index (χ3v) is 10.5. The van der Waals surface area contributed by atoms with Crippen molar-refractivity contribution in [1.82, 2.24) is 0 Å². The van der Waals surface area contributed by atoms with Crippen LogP contribution in [-0.2, 0) is 0 Å². The molecular weight excluding hydrogens is 733 g/mol. The lowest BCUT2D eigenvalue weighted by Gasteiger charge is -2.15. The summed E-state index contributed by atoms with van der Waals surface area (Å²) in [6.45, 7) is 5.83. The number of nitrogens with zero attached hydrogens (tertiary/aromatic N) is 2. The fourth-order valence-electron chi connectivity index (χ4n) is 6.90. The zero-order valence-electron chi connectivity index (χ0n) is 35.6. The van der Waals surface area contributed by atoms with Gasteiger partial charge >= 0.3 is 0 Å². The molecule has 0 N–H and O–H groups in total. The van der Waals surface area contributed by atoms with Gasteiger partial charge in [-0.2, -0.15) is 10.5 Å². The number of benzene rings is 5. The topological polar surface area (TPSA) is 66.0 Å². The first kappa shape index (κ1) is 44.7. The Morgan fingerprint density at radius 2 is 0.700 bits per heavy atom. The van der Waals surface area contributed by atoms with Crippen LogP contribution in [0.2, 0.25) is 0 Å². The highest BCUT2D eigenvalue weighted by Gasteiger charge is 2.11. The molecule has 60 heavy (non-hydrogen) atoms. The van der Waals surface area contributed by atoms with Crippen molar-refractivity contribution in [2.24, 2.45) is 0 Å². The first-order valence-electron chi connectivity index (χ1n) is 21.9. The van der Waals surface area contributed by atoms with E-state index in [2.05, 4.69) is 111 Å². The molecule has 0 heterocycles. The van der Waals surface area contributed by atoms with Gasteiger partial charge in [0, 0.05) is 11.1 Å². The molecule has 0 aromatic heterocycles. The number of hydrogen-bond donors (Lipinski definition) is 0. The lowest BCUT2D eigenvalue weighted by Crippen LogP contribution is -2.03. The van der Waals surface area contributed by atoms with E-state index in [1.165, 1.54) is 51.4 Å². The predicted molar refractivity (Wildman–Crippen MR) is 255 cm³/mol. The summed E-state index contributed by atoms with van der Waals surface area (Å²) in [5.74, 6) is 1.69. The fourth-order valence-corrected chi connectivity index (χ4v) is 6.90. The van der Waals surface area contributed by atoms with Crippen LogP contribution in [0.5, 0.6) is 11.5 Å². The van der Waals surface area contributed by atoms with Crippen LogP contribution in [0.1, 0.15) is 147 Å². The van der Waals surface area contributed by atoms with E-state index in [4.69, 9.17) is 9.47 Å². The molecule has 0 atom stereocenters. The van der Waals surface area contributed by atoms with Gasteiger partial charge in [0.1, 0.15) is 11.5 Å². The summed E-state index contributed by atoms with van der Waals surface area (Å²) in [6.07, 6.45) is 31.1. The van der Waals surface area contributed by atoms with Gasteiger partial charge in [-0.15, -0.1) is 0 Å². The van der Waals surface area contributed by atoms with E-state index in [-0.39, 0.29) is 0 Å². The van der Waals surface area contributed by atoms with Gasteiger partial charge in [0.25, 0.3) is 0 Å². The molecule has 0 bridgehead atoms. The number of rotatable bonds is 24. The summed E-state index contributed by atoms with van der Waals surface area (Å²) >= 11 is 0. The molecule has 0 fully saturated rings. The Labute approximate surface area is 359 Å². The molecule has 0 amide bonds. The molecular formula is C56H60N2O2. The van der Waals surface area contributed by atoms with E-state index < -0.39 is 0 Å². The third-order valence-electron chi connectivity index (χ3n) is 10.5. The van der Waals surface area contributed by atoms with Crippen molar-refractivity contribution in [1.29, 1.82) is 10.5 Å². The monoisotopic (exact) mass is 792 g/mol. The van der Waals surface area contributed by atoms with Crippen LogP contribution < -0.4 is 9.47 Å². The SMILES string of the molecule is CCCCCCCCOc1cc(/C=C/c2ccc(/C=C/c3ccccc3C#N)cc2)c(OCCCCCCCC)cc1/C=C/c1ccc(/C=C/c2ccccc2C#N)cc1. The van der Waals surface area contributed by atoms with Gasteiger partial charge in [-0.1, -0.05) is 212 Å². The normalized spacial score (nSPS) is 11.5. The quantitative estimate of drug-likeness (QED) is 0.0461. The minimum absolute atomic E-state index is 0.665. The van der Waals surface area contributed by atoms with Gasteiger partial charge in [0.2, 0.25) is 0 Å². The average Bonchev–Trinajstić information content (AvgIpc) is 3.29. The molecule has 4 nitrogen and oxygen atoms in total. The van der Waals surface area contributed by atoms with Crippen molar-refractivity contribution < 1.29 is 9.47 Å². The Kier molecular flexibility index (Phi) is 19.3. The lowest BCUT2D eigenvalue weighted by molar-refractivity contribution is 0.295. The van der Waals surface area contributed by atoms with Crippen LogP contribution in [0.25, 0.3) is 48.6 Å². The molecule has 0 radical (unpaired) electrons. The summed E-state index contributed by atoms with van der Waals surface area (Å²) in [4.78, 5) is 0. The van der Waals surface area contributed by atoms with E-state index in [9.17, 15) is 10.5 Å². The van der Waals surface area contributed by atoms with Crippen molar-refractivity contribution in [2.45, 2.75) is 90.9 Å². The van der Waals surface area contributed by atoms with Gasteiger partial charge < -0.3 is 9.47 Å². The van der Waals surface area contributed by atoms with E-state index in [1.54, 1.807) is 0 Å². The third kappa shape index (κ3) is 15.1. The van der Waals surface area contributed by atoms with Gasteiger partial charge in [-0.25, -0.2) is 0 Å². The molecule has 0 unspecified atom stereocenters. The molecule has 0 saturated heterocycles. The molecule has 0 spiro atoms. The van der Waals surface area contributed by atoms with E-state index in [1.807, 2.05) is 72.8 Å². The molecule has 0 aliphatic carbocycles. The van der Waals surface area contributed by atoms with Crippen molar-refractivity contribution in [2.75, 3.05) is 13.2 Å². The maximum atomic E-state index is 9.46. The summed E-state index contributed by atoms with van der Waals surface area (Å²) in [5, 5.41) is 18.9. The maximum absolute atomic E-state index is 9.46. The largest absolute Gasteiger partial charge is 0.493 e. The molecule has 5 aromatic rings. The molecule has 0 aliphatic heterocycles. The highest BCUT2D eigenvalue weighted by molar-refractivity contribution is 5.80. The van der Waals surface area contributed by atoms with E-state index in [0.29, 0.717) is 24.3 Å². The zero-order valence-corrected chi connectivity index (χ0v) is 35.6. The maximum Gasteiger partial charge on any atom is 0.127 e. The van der Waals surface area contributed by atoms with E-state index in [0.717, 1.165) is 81.7 Å². The highest BCUT2D eigenvalue weighted by atomic mass is 16.5. The number of hydrogen-bond acceptors (Lipinski definition) is 4. The number of nitriles is 2. The van der Waals surface area contributed by atoms with Gasteiger partial charge in [0.15, 0.2) is 0 Å². The van der Waals surface area contributed by atoms with Gasteiger partial charge in [-0.3, -0.25) is 0 Å². The Bertz CT molecular complexity index is 2100. The smallest absolute Gasteiger partial charge is 0.127 e. The first-order valence-corrected chi connectivity index (χ1v) is 21.9. The first-order chi connectivity index (χ1) is 29.6. The molecule has 4 heteroatoms. The molecule has 5 rings (SSSR count). The summed E-state index contributed by atoms with van der Waals surface area (Å²) in [7, 11) is 0. The van der Waals surface area contributed by atoms with Gasteiger partial charge in [0.05, 0.1) is 36.5 Å². The standard InChI is InChI=1S/C56H60N2O2/c1-3-5-7-9-11-17-39-59-55-41-52(38-34-48-29-25-46(26-30-48)32-36-50-20-14-16-22-54(50)44-58)56(60-40-18-12-10-8-6-4-2)42-51(55)37-33-47-27-23-45(24-28-47)31-35-49-19-13-15-21-53(49)43-57/h13-16,19-38,41-42H,3-12,17-18,39-40H2,1-2H3/b35-31+,36-32+,37-33+,38-34+. The predicted octanol–water partition coefficient (Wildman–Crippen LogP) is 15.6. The molecule has 306 valence electrons. The molecule has 5 aromatic carbocycles. The molecule has 0 aliphatic rings. The van der Waals surface area contributed by atoms with Crippen LogP contribution >= 0.6 is 0 Å². The minimum atomic E-state index is 0.665. The van der Waals surface area contributed by atoms with Crippen LogP contribution in [-0.4, -0.2) is 13.2 Å². The van der Waals surface area contributed by atoms with Crippen molar-refractivity contribution in [3.63, 3.8) is 0 Å². The molecule has 0 saturated carbocycles. The second kappa shape index (κ2) is 25.9. The summed E-state index contributed by atoms with van der Waals surface area (Å²) < 4.78 is 13.1. The van der Waals surface area contributed by atoms with Crippen LogP contribution in [0.3, 0.4) is 0 Å². The van der Waals surface area contributed by atoms with Crippen molar-refractivity contribution in [3.8, 4) is 23.6 Å². The Morgan fingerprint density at radius 1 is 0.383 bits per heavy atom. The van der Waals surface area contributed by atoms with Crippen LogP contribution in [0.15, 0.2) is 109 Å². The average molecular weight is 793 g/mol. The minimum Gasteiger partial charge on any atom is -0.493 e. The van der Waals surface area contributed by atoms with Crippen LogP contribution in [0.4, 0.5) is 0 Å². The van der Waals surface area contributed by atoms with Crippen LogP contribution in [0, 0.1) is 22.7 Å². The second-order valence-corrected chi connectivity index (χ2v) is 15.2. The summed E-state index contributed by atoms with van der Waals surface area (Å²) in [5.41, 5.74) is 9.42. The Balaban J connectivity index is 1.38. The van der Waals surface area contributed by atoms with Crippen molar-refractivity contribution >= 4 is 48.6 Å².